The number of amides is 1. The first kappa shape index (κ1) is 20.9. The molecule has 166 valence electrons. The Balaban J connectivity index is 1.37. The molecule has 0 unspecified atom stereocenters. The van der Waals surface area contributed by atoms with Crippen LogP contribution in [0, 0.1) is 5.82 Å². The van der Waals surface area contributed by atoms with Crippen LogP contribution in [0.5, 0.6) is 0 Å². The van der Waals surface area contributed by atoms with E-state index < -0.39 is 10.0 Å². The van der Waals surface area contributed by atoms with Gasteiger partial charge in [0.1, 0.15) is 12.4 Å². The second-order valence-electron chi connectivity index (χ2n) is 8.32. The molecule has 0 saturated carbocycles. The summed E-state index contributed by atoms with van der Waals surface area (Å²) in [6.07, 6.45) is 1.37. The van der Waals surface area contributed by atoms with Crippen molar-refractivity contribution in [3.8, 4) is 0 Å². The van der Waals surface area contributed by atoms with E-state index in [9.17, 15) is 17.6 Å². The van der Waals surface area contributed by atoms with Crippen molar-refractivity contribution in [1.29, 1.82) is 0 Å². The van der Waals surface area contributed by atoms with E-state index in [1.165, 1.54) is 16.4 Å². The number of carbonyl (C=O) groups is 1. The van der Waals surface area contributed by atoms with Crippen LogP contribution in [0.25, 0.3) is 10.8 Å². The Bertz CT molecular complexity index is 1280. The molecule has 32 heavy (non-hydrogen) atoms. The van der Waals surface area contributed by atoms with E-state index in [0.717, 1.165) is 10.9 Å². The second-order valence-corrected chi connectivity index (χ2v) is 10.2. The van der Waals surface area contributed by atoms with E-state index in [2.05, 4.69) is 5.32 Å². The van der Waals surface area contributed by atoms with Crippen molar-refractivity contribution in [2.24, 2.45) is 0 Å². The molecule has 6 nitrogen and oxygen atoms in total. The summed E-state index contributed by atoms with van der Waals surface area (Å²) in [6.45, 7) is 1.12. The standard InChI is InChI=1S/C24H23FN2O4S/c25-19-9-7-18(8-10-19)24(11-13-31-14-12-24)16-26-22(28)15-27-20-5-1-3-17-4-2-6-21(23(17)20)32(27,29)30/h1-10H,11-16H2,(H,26,28). The van der Waals surface area contributed by atoms with Gasteiger partial charge in [-0.3, -0.25) is 9.10 Å². The molecule has 2 aliphatic heterocycles. The van der Waals surface area contributed by atoms with Crippen LogP contribution in [0.15, 0.2) is 65.6 Å². The highest BCUT2D eigenvalue weighted by molar-refractivity contribution is 7.93. The number of ether oxygens (including phenoxy) is 1. The average molecular weight is 455 g/mol. The van der Waals surface area contributed by atoms with Crippen LogP contribution < -0.4 is 9.62 Å². The first-order chi connectivity index (χ1) is 15.4. The second kappa shape index (κ2) is 7.86. The lowest BCUT2D eigenvalue weighted by Gasteiger charge is -2.38. The number of halogens is 1. The zero-order chi connectivity index (χ0) is 22.3. The lowest BCUT2D eigenvalue weighted by molar-refractivity contribution is -0.120. The zero-order valence-corrected chi connectivity index (χ0v) is 18.2. The highest BCUT2D eigenvalue weighted by atomic mass is 32.2. The van der Waals surface area contributed by atoms with Gasteiger partial charge in [-0.2, -0.15) is 0 Å². The molecule has 2 aliphatic rings. The number of hydrogen-bond acceptors (Lipinski definition) is 4. The molecule has 0 bridgehead atoms. The predicted molar refractivity (Wildman–Crippen MR) is 120 cm³/mol. The molecular formula is C24H23FN2O4S. The lowest BCUT2D eigenvalue weighted by atomic mass is 9.74. The number of hydrogen-bond donors (Lipinski definition) is 1. The van der Waals surface area contributed by atoms with E-state index >= 15 is 0 Å². The van der Waals surface area contributed by atoms with E-state index in [0.29, 0.717) is 43.7 Å². The number of nitrogens with zero attached hydrogens (tertiary/aromatic N) is 1. The third kappa shape index (κ3) is 3.43. The van der Waals surface area contributed by atoms with Gasteiger partial charge in [0, 0.05) is 30.6 Å². The van der Waals surface area contributed by atoms with Crippen molar-refractivity contribution in [2.45, 2.75) is 23.2 Å². The van der Waals surface area contributed by atoms with Gasteiger partial charge < -0.3 is 10.1 Å². The van der Waals surface area contributed by atoms with Crippen LogP contribution in [-0.2, 0) is 25.0 Å². The number of sulfonamides is 1. The van der Waals surface area contributed by atoms with Gasteiger partial charge in [0.15, 0.2) is 0 Å². The van der Waals surface area contributed by atoms with Gasteiger partial charge in [0.2, 0.25) is 5.91 Å². The molecule has 1 fully saturated rings. The summed E-state index contributed by atoms with van der Waals surface area (Å²) < 4.78 is 46.4. The highest BCUT2D eigenvalue weighted by Gasteiger charge is 2.38. The fourth-order valence-electron chi connectivity index (χ4n) is 4.72. The van der Waals surface area contributed by atoms with Crippen molar-refractivity contribution in [3.05, 3.63) is 72.0 Å². The predicted octanol–water partition coefficient (Wildman–Crippen LogP) is 3.35. The van der Waals surface area contributed by atoms with Crippen LogP contribution in [0.1, 0.15) is 18.4 Å². The summed E-state index contributed by atoms with van der Waals surface area (Å²) in [4.78, 5) is 13.1. The fraction of sp³-hybridized carbons (Fsp3) is 0.292. The van der Waals surface area contributed by atoms with Crippen LogP contribution in [-0.4, -0.2) is 40.6 Å². The molecule has 0 atom stereocenters. The SMILES string of the molecule is O=C(CN1c2cccc3cccc(c23)S1(=O)=O)NCC1(c2ccc(F)cc2)CCOCC1. The Morgan fingerprint density at radius 2 is 1.72 bits per heavy atom. The lowest BCUT2D eigenvalue weighted by Crippen LogP contribution is -2.47. The average Bonchev–Trinajstić information content (AvgIpc) is 3.02. The Kier molecular flexibility index (Phi) is 5.14. The van der Waals surface area contributed by atoms with E-state index in [-0.39, 0.29) is 28.6 Å². The Labute approximate surface area is 186 Å². The Morgan fingerprint density at radius 1 is 1.03 bits per heavy atom. The summed E-state index contributed by atoms with van der Waals surface area (Å²) in [5.41, 5.74) is 1.08. The van der Waals surface area contributed by atoms with Crippen molar-refractivity contribution < 1.29 is 22.3 Å². The van der Waals surface area contributed by atoms with E-state index in [1.807, 2.05) is 12.1 Å². The summed E-state index contributed by atoms with van der Waals surface area (Å²) in [7, 11) is -3.80. The minimum atomic E-state index is -3.80. The summed E-state index contributed by atoms with van der Waals surface area (Å²) >= 11 is 0. The van der Waals surface area contributed by atoms with Gasteiger partial charge in [-0.25, -0.2) is 12.8 Å². The van der Waals surface area contributed by atoms with Gasteiger partial charge in [-0.15, -0.1) is 0 Å². The number of carbonyl (C=O) groups excluding carboxylic acids is 1. The molecule has 3 aromatic carbocycles. The topological polar surface area (TPSA) is 75.7 Å². The zero-order valence-electron chi connectivity index (χ0n) is 17.4. The molecule has 1 amide bonds. The summed E-state index contributed by atoms with van der Waals surface area (Å²) in [5, 5.41) is 4.41. The quantitative estimate of drug-likeness (QED) is 0.642. The Hall–Kier alpha value is -2.97. The van der Waals surface area contributed by atoms with Crippen molar-refractivity contribution >= 4 is 32.4 Å². The fourth-order valence-corrected chi connectivity index (χ4v) is 6.38. The minimum absolute atomic E-state index is 0.227. The van der Waals surface area contributed by atoms with E-state index in [4.69, 9.17) is 4.74 Å². The first-order valence-electron chi connectivity index (χ1n) is 10.6. The molecule has 3 aromatic rings. The normalized spacial score (nSPS) is 18.6. The molecule has 8 heteroatoms. The largest absolute Gasteiger partial charge is 0.381 e. The smallest absolute Gasteiger partial charge is 0.265 e. The summed E-state index contributed by atoms with van der Waals surface area (Å²) in [6, 6.07) is 16.8. The molecule has 2 heterocycles. The molecule has 1 saturated heterocycles. The van der Waals surface area contributed by atoms with Crippen LogP contribution in [0.2, 0.25) is 0 Å². The van der Waals surface area contributed by atoms with Crippen LogP contribution in [0.4, 0.5) is 10.1 Å². The highest BCUT2D eigenvalue weighted by Crippen LogP contribution is 2.41. The monoisotopic (exact) mass is 454 g/mol. The number of anilines is 1. The number of nitrogens with one attached hydrogen (secondary N) is 1. The maximum atomic E-state index is 13.4. The van der Waals surface area contributed by atoms with Gasteiger partial charge in [-0.1, -0.05) is 36.4 Å². The number of benzene rings is 3. The minimum Gasteiger partial charge on any atom is -0.381 e. The maximum absolute atomic E-state index is 13.4. The molecule has 0 aliphatic carbocycles. The molecule has 0 spiro atoms. The molecular weight excluding hydrogens is 431 g/mol. The van der Waals surface area contributed by atoms with Crippen molar-refractivity contribution in [2.75, 3.05) is 30.6 Å². The third-order valence-corrected chi connectivity index (χ3v) is 8.30. The first-order valence-corrected chi connectivity index (χ1v) is 12.0. The maximum Gasteiger partial charge on any atom is 0.265 e. The molecule has 0 aromatic heterocycles. The van der Waals surface area contributed by atoms with Gasteiger partial charge in [-0.05, 0) is 48.1 Å². The Morgan fingerprint density at radius 3 is 2.44 bits per heavy atom. The third-order valence-electron chi connectivity index (χ3n) is 6.50. The van der Waals surface area contributed by atoms with Crippen molar-refractivity contribution in [1.82, 2.24) is 5.32 Å². The van der Waals surface area contributed by atoms with Crippen molar-refractivity contribution in [3.63, 3.8) is 0 Å². The van der Waals surface area contributed by atoms with E-state index in [1.54, 1.807) is 36.4 Å². The molecule has 5 rings (SSSR count). The van der Waals surface area contributed by atoms with Crippen LogP contribution >= 0.6 is 0 Å². The number of rotatable bonds is 5. The summed E-state index contributed by atoms with van der Waals surface area (Å²) in [5.74, 6) is -0.695. The molecule has 1 N–H and O–H groups in total. The van der Waals surface area contributed by atoms with Gasteiger partial charge in [0.05, 0.1) is 10.6 Å². The molecule has 0 radical (unpaired) electrons. The van der Waals surface area contributed by atoms with Crippen LogP contribution in [0.3, 0.4) is 0 Å². The van der Waals surface area contributed by atoms with Gasteiger partial charge >= 0.3 is 0 Å². The van der Waals surface area contributed by atoms with Gasteiger partial charge in [0.25, 0.3) is 10.0 Å².